The third kappa shape index (κ3) is 62.8. The maximum atomic E-state index is 12.9. The Kier molecular flexibility index (Phi) is 61.3. The zero-order valence-electron chi connectivity index (χ0n) is 50.4. The van der Waals surface area contributed by atoms with Gasteiger partial charge in [-0.2, -0.15) is 0 Å². The van der Waals surface area contributed by atoms with Crippen LogP contribution in [0.5, 0.6) is 0 Å². The van der Waals surface area contributed by atoms with Crippen molar-refractivity contribution in [3.8, 4) is 0 Å². The van der Waals surface area contributed by atoms with E-state index < -0.39 is 6.10 Å². The van der Waals surface area contributed by atoms with Crippen molar-refractivity contribution in [1.29, 1.82) is 0 Å². The van der Waals surface area contributed by atoms with Gasteiger partial charge in [-0.25, -0.2) is 0 Å². The number of rotatable bonds is 58. The Morgan fingerprint density at radius 1 is 0.273 bits per heavy atom. The van der Waals surface area contributed by atoms with Crippen LogP contribution in [0.3, 0.4) is 0 Å². The van der Waals surface area contributed by atoms with Crippen molar-refractivity contribution < 1.29 is 28.6 Å². The van der Waals surface area contributed by atoms with E-state index in [1.165, 1.54) is 135 Å². The molecule has 0 aromatic carbocycles. The SMILES string of the molecule is CC/C=C\C/C=C\C/C=C\C/C=C\CCCCC(=O)OC(COC(=O)CCCCCCC/C=C\C/C=C\C/C=C\CC)COC(=O)CCCCCCCCCCCCCCCCCCC/C=C\C/C=C\CCCCCCC. The molecule has 0 saturated carbocycles. The summed E-state index contributed by atoms with van der Waals surface area (Å²) in [6.07, 6.45) is 88.3. The molecule has 0 aliphatic carbocycles. The lowest BCUT2D eigenvalue weighted by Crippen LogP contribution is -2.30. The minimum Gasteiger partial charge on any atom is -0.462 e. The predicted molar refractivity (Wildman–Crippen MR) is 334 cm³/mol. The standard InChI is InChI=1S/C71H120O6/c1-4-7-10-13-16-19-22-25-28-29-30-31-32-33-34-35-36-37-38-39-40-41-44-46-49-52-55-58-61-64-70(73)76-67-68(77-71(74)65-62-59-56-53-50-47-43-27-24-21-18-15-12-9-6-3)66-75-69(72)63-60-57-54-51-48-45-42-26-23-20-17-14-11-8-5-2/h8-9,11-12,17-18,20-22,25-27,29-30,42-43,50,53,68H,4-7,10,13-16,19,23-24,28,31-41,44-49,51-52,54-67H2,1-3H3/b11-8-,12-9-,20-17-,21-18-,25-22-,30-29-,42-26-,43-27-,53-50-. The van der Waals surface area contributed by atoms with Gasteiger partial charge in [0.15, 0.2) is 6.10 Å². The molecular formula is C71H120O6. The molecule has 0 heterocycles. The van der Waals surface area contributed by atoms with Crippen LogP contribution in [0.2, 0.25) is 0 Å². The van der Waals surface area contributed by atoms with Gasteiger partial charge in [-0.05, 0) is 122 Å². The molecule has 1 atom stereocenters. The highest BCUT2D eigenvalue weighted by Gasteiger charge is 2.19. The van der Waals surface area contributed by atoms with Gasteiger partial charge >= 0.3 is 17.9 Å². The van der Waals surface area contributed by atoms with Gasteiger partial charge in [0.1, 0.15) is 13.2 Å². The fraction of sp³-hybridized carbons (Fsp3) is 0.704. The molecule has 0 spiro atoms. The Labute approximate surface area is 476 Å². The minimum atomic E-state index is -0.809. The van der Waals surface area contributed by atoms with Crippen molar-refractivity contribution in [3.05, 3.63) is 109 Å². The Balaban J connectivity index is 4.27. The lowest BCUT2D eigenvalue weighted by Gasteiger charge is -2.18. The highest BCUT2D eigenvalue weighted by Crippen LogP contribution is 2.16. The third-order valence-corrected chi connectivity index (χ3v) is 13.7. The summed E-state index contributed by atoms with van der Waals surface area (Å²) in [5.41, 5.74) is 0. The number of esters is 3. The lowest BCUT2D eigenvalue weighted by atomic mass is 10.0. The molecule has 0 aromatic heterocycles. The number of hydrogen-bond donors (Lipinski definition) is 0. The quantitative estimate of drug-likeness (QED) is 0.0261. The molecule has 6 nitrogen and oxygen atoms in total. The second-order valence-electron chi connectivity index (χ2n) is 21.3. The van der Waals surface area contributed by atoms with E-state index in [0.717, 1.165) is 122 Å². The molecule has 0 amide bonds. The van der Waals surface area contributed by atoms with Gasteiger partial charge in [-0.1, -0.05) is 271 Å². The van der Waals surface area contributed by atoms with E-state index in [1.54, 1.807) is 0 Å². The van der Waals surface area contributed by atoms with Crippen LogP contribution >= 0.6 is 0 Å². The number of unbranched alkanes of at least 4 members (excludes halogenated alkanes) is 29. The van der Waals surface area contributed by atoms with Crippen LogP contribution in [-0.4, -0.2) is 37.2 Å². The Morgan fingerprint density at radius 3 is 0.818 bits per heavy atom. The summed E-state index contributed by atoms with van der Waals surface area (Å²) in [5, 5.41) is 0. The van der Waals surface area contributed by atoms with Crippen LogP contribution in [0.15, 0.2) is 109 Å². The summed E-state index contributed by atoms with van der Waals surface area (Å²) in [6, 6.07) is 0. The molecular weight excluding hydrogens is 949 g/mol. The molecule has 0 radical (unpaired) electrons. The molecule has 1 unspecified atom stereocenters. The average Bonchev–Trinajstić information content (AvgIpc) is 3.43. The molecule has 0 N–H and O–H groups in total. The van der Waals surface area contributed by atoms with E-state index in [9.17, 15) is 14.4 Å². The molecule has 0 fully saturated rings. The van der Waals surface area contributed by atoms with E-state index in [2.05, 4.69) is 130 Å². The largest absolute Gasteiger partial charge is 0.462 e. The predicted octanol–water partition coefficient (Wildman–Crippen LogP) is 22.2. The zero-order chi connectivity index (χ0) is 55.7. The highest BCUT2D eigenvalue weighted by atomic mass is 16.6. The second-order valence-corrected chi connectivity index (χ2v) is 21.3. The zero-order valence-corrected chi connectivity index (χ0v) is 50.4. The van der Waals surface area contributed by atoms with Crippen molar-refractivity contribution in [3.63, 3.8) is 0 Å². The van der Waals surface area contributed by atoms with Gasteiger partial charge in [-0.15, -0.1) is 0 Å². The highest BCUT2D eigenvalue weighted by molar-refractivity contribution is 5.71. The van der Waals surface area contributed by atoms with E-state index >= 15 is 0 Å². The third-order valence-electron chi connectivity index (χ3n) is 13.7. The summed E-state index contributed by atoms with van der Waals surface area (Å²) in [5.74, 6) is -0.953. The fourth-order valence-corrected chi connectivity index (χ4v) is 8.95. The van der Waals surface area contributed by atoms with Crippen molar-refractivity contribution >= 4 is 17.9 Å². The number of hydrogen-bond acceptors (Lipinski definition) is 6. The molecule has 77 heavy (non-hydrogen) atoms. The van der Waals surface area contributed by atoms with Crippen LogP contribution in [0.1, 0.15) is 303 Å². The number of carbonyl (C=O) groups is 3. The maximum absolute atomic E-state index is 12.9. The maximum Gasteiger partial charge on any atom is 0.306 e. The molecule has 0 saturated heterocycles. The Hall–Kier alpha value is -3.93. The molecule has 0 bridgehead atoms. The monoisotopic (exact) mass is 1070 g/mol. The van der Waals surface area contributed by atoms with Crippen LogP contribution in [0, 0.1) is 0 Å². The van der Waals surface area contributed by atoms with Crippen molar-refractivity contribution in [1.82, 2.24) is 0 Å². The summed E-state index contributed by atoms with van der Waals surface area (Å²) in [6.45, 7) is 6.37. The van der Waals surface area contributed by atoms with Crippen molar-refractivity contribution in [2.75, 3.05) is 13.2 Å². The first-order valence-corrected chi connectivity index (χ1v) is 32.4. The average molecular weight is 1070 g/mol. The summed E-state index contributed by atoms with van der Waals surface area (Å²) in [7, 11) is 0. The van der Waals surface area contributed by atoms with Crippen molar-refractivity contribution in [2.45, 2.75) is 309 Å². The summed E-state index contributed by atoms with van der Waals surface area (Å²) >= 11 is 0. The Bertz CT molecular complexity index is 1560. The smallest absolute Gasteiger partial charge is 0.306 e. The molecule has 0 aliphatic heterocycles. The van der Waals surface area contributed by atoms with Gasteiger partial charge in [0.2, 0.25) is 0 Å². The summed E-state index contributed by atoms with van der Waals surface area (Å²) in [4.78, 5) is 38.3. The topological polar surface area (TPSA) is 78.9 Å². The Morgan fingerprint density at radius 2 is 0.506 bits per heavy atom. The normalized spacial score (nSPS) is 12.8. The first kappa shape index (κ1) is 73.1. The second kappa shape index (κ2) is 64.6. The van der Waals surface area contributed by atoms with Crippen LogP contribution in [0.4, 0.5) is 0 Å². The minimum absolute atomic E-state index is 0.100. The fourth-order valence-electron chi connectivity index (χ4n) is 8.95. The number of ether oxygens (including phenoxy) is 3. The molecule has 440 valence electrons. The first-order valence-electron chi connectivity index (χ1n) is 32.4. The van der Waals surface area contributed by atoms with Crippen LogP contribution < -0.4 is 0 Å². The van der Waals surface area contributed by atoms with Gasteiger partial charge < -0.3 is 14.2 Å². The number of carbonyl (C=O) groups excluding carboxylic acids is 3. The summed E-state index contributed by atoms with van der Waals surface area (Å²) < 4.78 is 16.9. The molecule has 0 aromatic rings. The van der Waals surface area contributed by atoms with Gasteiger partial charge in [0.25, 0.3) is 0 Å². The molecule has 0 rings (SSSR count). The van der Waals surface area contributed by atoms with E-state index in [0.29, 0.717) is 19.3 Å². The first-order chi connectivity index (χ1) is 38.0. The van der Waals surface area contributed by atoms with Crippen molar-refractivity contribution in [2.24, 2.45) is 0 Å². The van der Waals surface area contributed by atoms with E-state index in [-0.39, 0.29) is 37.5 Å². The van der Waals surface area contributed by atoms with Gasteiger partial charge in [0, 0.05) is 19.3 Å². The molecule has 6 heteroatoms. The number of allylic oxidation sites excluding steroid dienone is 18. The van der Waals surface area contributed by atoms with E-state index in [1.807, 2.05) is 0 Å². The van der Waals surface area contributed by atoms with E-state index in [4.69, 9.17) is 14.2 Å². The van der Waals surface area contributed by atoms with Gasteiger partial charge in [0.05, 0.1) is 0 Å². The van der Waals surface area contributed by atoms with Crippen LogP contribution in [-0.2, 0) is 28.6 Å². The van der Waals surface area contributed by atoms with Crippen LogP contribution in [0.25, 0.3) is 0 Å². The molecule has 0 aliphatic rings. The lowest BCUT2D eigenvalue weighted by molar-refractivity contribution is -0.167. The van der Waals surface area contributed by atoms with Gasteiger partial charge in [-0.3, -0.25) is 14.4 Å².